The van der Waals surface area contributed by atoms with Crippen LogP contribution >= 0.6 is 0 Å². The Labute approximate surface area is 234 Å². The number of halogens is 1. The molecule has 6 rings (SSSR count). The van der Waals surface area contributed by atoms with Gasteiger partial charge in [-0.15, -0.1) is 0 Å². The Balaban J connectivity index is 1.35. The quantitative estimate of drug-likeness (QED) is 0.436. The zero-order valence-electron chi connectivity index (χ0n) is 22.9. The molecule has 1 amide bonds. The number of pyridine rings is 1. The molecule has 2 saturated heterocycles. The van der Waals surface area contributed by atoms with Gasteiger partial charge in [-0.1, -0.05) is 18.2 Å². The van der Waals surface area contributed by atoms with Crippen molar-refractivity contribution in [2.75, 3.05) is 63.7 Å². The Morgan fingerprint density at radius 1 is 1.07 bits per heavy atom. The number of aromatic nitrogens is 1. The van der Waals surface area contributed by atoms with E-state index in [2.05, 4.69) is 39.3 Å². The molecule has 0 spiro atoms. The molecular formula is C31H36FN5O3. The van der Waals surface area contributed by atoms with Gasteiger partial charge in [-0.05, 0) is 72.8 Å². The molecule has 1 atom stereocenters. The standard InChI is InChI=1S/C31H36FN5O3/c1-36(19-24-3-2-12-40-24)18-23-16-20(5-7-28(23)37-10-13-39-14-11-37)26-17-27(30(33)35-29(26)32)21-4-6-25-22(15-21)8-9-34-31(25)38/h4-7,15-17,24H,2-3,8-14,18-19H2,1H3,(H2,33,35)(H,34,38). The van der Waals surface area contributed by atoms with Crippen LogP contribution in [-0.2, 0) is 22.4 Å². The van der Waals surface area contributed by atoms with E-state index in [1.54, 1.807) is 12.1 Å². The summed E-state index contributed by atoms with van der Waals surface area (Å²) in [6.45, 7) is 6.01. The molecule has 9 heteroatoms. The van der Waals surface area contributed by atoms with Crippen LogP contribution in [0.25, 0.3) is 22.3 Å². The summed E-state index contributed by atoms with van der Waals surface area (Å²) in [5.41, 5.74) is 12.7. The van der Waals surface area contributed by atoms with Crippen LogP contribution in [-0.4, -0.2) is 74.9 Å². The minimum absolute atomic E-state index is 0.0731. The SMILES string of the molecule is CN(Cc1cc(-c2cc(-c3ccc4c(c3)CCNC4=O)c(N)nc2F)ccc1N1CCOCC1)CC1CCCO1. The van der Waals surface area contributed by atoms with Crippen molar-refractivity contribution in [3.8, 4) is 22.3 Å². The molecule has 2 aromatic carbocycles. The highest BCUT2D eigenvalue weighted by Crippen LogP contribution is 2.35. The van der Waals surface area contributed by atoms with Gasteiger partial charge in [0.05, 0.1) is 19.3 Å². The third-order valence-electron chi connectivity index (χ3n) is 8.07. The minimum atomic E-state index is -0.601. The van der Waals surface area contributed by atoms with Crippen LogP contribution < -0.4 is 16.0 Å². The molecule has 3 aliphatic rings. The minimum Gasteiger partial charge on any atom is -0.383 e. The van der Waals surface area contributed by atoms with E-state index in [1.165, 1.54) is 0 Å². The van der Waals surface area contributed by atoms with Crippen LogP contribution in [0, 0.1) is 5.95 Å². The second kappa shape index (κ2) is 11.5. The molecule has 0 saturated carbocycles. The van der Waals surface area contributed by atoms with Crippen LogP contribution in [0.4, 0.5) is 15.9 Å². The predicted octanol–water partition coefficient (Wildman–Crippen LogP) is 3.87. The normalized spacial score (nSPS) is 19.1. The first kappa shape index (κ1) is 26.7. The van der Waals surface area contributed by atoms with Crippen molar-refractivity contribution in [3.05, 3.63) is 65.1 Å². The van der Waals surface area contributed by atoms with Gasteiger partial charge in [0.25, 0.3) is 5.91 Å². The summed E-state index contributed by atoms with van der Waals surface area (Å²) >= 11 is 0. The molecule has 0 radical (unpaired) electrons. The fraction of sp³-hybridized carbons (Fsp3) is 0.419. The van der Waals surface area contributed by atoms with E-state index in [0.717, 1.165) is 73.4 Å². The largest absolute Gasteiger partial charge is 0.383 e. The number of morpholine rings is 1. The van der Waals surface area contributed by atoms with Gasteiger partial charge in [-0.3, -0.25) is 9.69 Å². The topological polar surface area (TPSA) is 93.0 Å². The molecule has 1 aromatic heterocycles. The smallest absolute Gasteiger partial charge is 0.251 e. The number of hydrogen-bond acceptors (Lipinski definition) is 7. The first-order valence-electron chi connectivity index (χ1n) is 14.1. The number of anilines is 2. The summed E-state index contributed by atoms with van der Waals surface area (Å²) in [5.74, 6) is -0.546. The number of likely N-dealkylation sites (N-methyl/N-ethyl adjacent to an activating group) is 1. The number of nitrogens with one attached hydrogen (secondary N) is 1. The summed E-state index contributed by atoms with van der Waals surface area (Å²) in [5, 5.41) is 2.87. The number of ether oxygens (including phenoxy) is 2. The van der Waals surface area contributed by atoms with Gasteiger partial charge in [0.2, 0.25) is 5.95 Å². The van der Waals surface area contributed by atoms with E-state index in [1.807, 2.05) is 18.2 Å². The fourth-order valence-corrected chi connectivity index (χ4v) is 6.02. The molecule has 2 fully saturated rings. The molecule has 0 bridgehead atoms. The van der Waals surface area contributed by atoms with E-state index in [4.69, 9.17) is 15.2 Å². The lowest BCUT2D eigenvalue weighted by molar-refractivity contribution is 0.0793. The highest BCUT2D eigenvalue weighted by molar-refractivity contribution is 5.97. The van der Waals surface area contributed by atoms with E-state index < -0.39 is 5.95 Å². The third kappa shape index (κ3) is 5.54. The molecule has 1 unspecified atom stereocenters. The number of hydrogen-bond donors (Lipinski definition) is 2. The average Bonchev–Trinajstić information content (AvgIpc) is 3.46. The molecule has 3 N–H and O–H groups in total. The number of nitrogens with zero attached hydrogens (tertiary/aromatic N) is 3. The summed E-state index contributed by atoms with van der Waals surface area (Å²) in [6, 6.07) is 13.5. The maximum atomic E-state index is 15.4. The zero-order chi connectivity index (χ0) is 27.6. The van der Waals surface area contributed by atoms with Gasteiger partial charge in [0.15, 0.2) is 0 Å². The highest BCUT2D eigenvalue weighted by Gasteiger charge is 2.22. The van der Waals surface area contributed by atoms with Crippen LogP contribution in [0.3, 0.4) is 0 Å². The molecule has 210 valence electrons. The lowest BCUT2D eigenvalue weighted by atomic mass is 9.93. The van der Waals surface area contributed by atoms with Crippen LogP contribution in [0.15, 0.2) is 42.5 Å². The third-order valence-corrected chi connectivity index (χ3v) is 8.07. The van der Waals surface area contributed by atoms with Crippen LogP contribution in [0.5, 0.6) is 0 Å². The number of amides is 1. The Morgan fingerprint density at radius 2 is 1.88 bits per heavy atom. The molecule has 40 heavy (non-hydrogen) atoms. The number of nitrogen functional groups attached to an aromatic ring is 1. The number of rotatable bonds is 7. The fourth-order valence-electron chi connectivity index (χ4n) is 6.02. The second-order valence-corrected chi connectivity index (χ2v) is 10.9. The molecular weight excluding hydrogens is 509 g/mol. The summed E-state index contributed by atoms with van der Waals surface area (Å²) in [4.78, 5) is 20.9. The van der Waals surface area contributed by atoms with Crippen molar-refractivity contribution < 1.29 is 18.7 Å². The zero-order valence-corrected chi connectivity index (χ0v) is 22.9. The number of fused-ring (bicyclic) bond motifs is 1. The van der Waals surface area contributed by atoms with Crippen LogP contribution in [0.2, 0.25) is 0 Å². The summed E-state index contributed by atoms with van der Waals surface area (Å²) in [6.07, 6.45) is 3.18. The van der Waals surface area contributed by atoms with Gasteiger partial charge >= 0.3 is 0 Å². The number of nitrogens with two attached hydrogens (primary N) is 1. The molecule has 4 heterocycles. The van der Waals surface area contributed by atoms with E-state index in [0.29, 0.717) is 43.0 Å². The predicted molar refractivity (Wildman–Crippen MR) is 154 cm³/mol. The first-order valence-corrected chi connectivity index (χ1v) is 14.1. The highest BCUT2D eigenvalue weighted by atomic mass is 19.1. The molecule has 8 nitrogen and oxygen atoms in total. The molecule has 3 aromatic rings. The van der Waals surface area contributed by atoms with Crippen LogP contribution in [0.1, 0.15) is 34.3 Å². The van der Waals surface area contributed by atoms with Crippen molar-refractivity contribution in [1.29, 1.82) is 0 Å². The van der Waals surface area contributed by atoms with Gasteiger partial charge in [0, 0.05) is 61.7 Å². The van der Waals surface area contributed by atoms with E-state index in [9.17, 15) is 4.79 Å². The van der Waals surface area contributed by atoms with E-state index in [-0.39, 0.29) is 17.8 Å². The van der Waals surface area contributed by atoms with E-state index >= 15 is 4.39 Å². The van der Waals surface area contributed by atoms with Crippen molar-refractivity contribution in [2.24, 2.45) is 0 Å². The number of carbonyl (C=O) groups is 1. The van der Waals surface area contributed by atoms with Gasteiger partial charge in [-0.25, -0.2) is 4.98 Å². The Morgan fingerprint density at radius 3 is 2.67 bits per heavy atom. The van der Waals surface area contributed by atoms with Crippen molar-refractivity contribution in [1.82, 2.24) is 15.2 Å². The first-order chi connectivity index (χ1) is 19.5. The molecule has 0 aliphatic carbocycles. The Hall–Kier alpha value is -3.53. The summed E-state index contributed by atoms with van der Waals surface area (Å²) < 4.78 is 26.8. The van der Waals surface area contributed by atoms with Gasteiger partial charge < -0.3 is 25.4 Å². The lowest BCUT2D eigenvalue weighted by Gasteiger charge is -2.32. The average molecular weight is 546 g/mol. The van der Waals surface area contributed by atoms with Crippen molar-refractivity contribution in [3.63, 3.8) is 0 Å². The second-order valence-electron chi connectivity index (χ2n) is 10.9. The van der Waals surface area contributed by atoms with Gasteiger partial charge in [-0.2, -0.15) is 4.39 Å². The Bertz CT molecular complexity index is 1400. The molecule has 3 aliphatic heterocycles. The maximum absolute atomic E-state index is 15.4. The maximum Gasteiger partial charge on any atom is 0.251 e. The van der Waals surface area contributed by atoms with Crippen molar-refractivity contribution in [2.45, 2.75) is 31.9 Å². The number of carbonyl (C=O) groups excluding carboxylic acids is 1. The summed E-state index contributed by atoms with van der Waals surface area (Å²) in [7, 11) is 2.11. The monoisotopic (exact) mass is 545 g/mol. The van der Waals surface area contributed by atoms with Crippen molar-refractivity contribution >= 4 is 17.4 Å². The Kier molecular flexibility index (Phi) is 7.69. The number of benzene rings is 2. The van der Waals surface area contributed by atoms with Gasteiger partial charge in [0.1, 0.15) is 5.82 Å². The lowest BCUT2D eigenvalue weighted by Crippen LogP contribution is -2.37.